The molecule has 0 spiro atoms. The lowest BCUT2D eigenvalue weighted by molar-refractivity contribution is -0.0111. The monoisotopic (exact) mass is 636 g/mol. The molecule has 9 nitrogen and oxygen atoms in total. The first-order chi connectivity index (χ1) is 23.0. The number of hydrogen-bond acceptors (Lipinski definition) is 9. The molecule has 9 heteroatoms. The summed E-state index contributed by atoms with van der Waals surface area (Å²) in [5, 5.41) is 13.8. The second-order valence-corrected chi connectivity index (χ2v) is 11.0. The molecule has 1 atom stereocenters. The molecular formula is C38H40N2O7. The van der Waals surface area contributed by atoms with Crippen molar-refractivity contribution in [2.24, 2.45) is 5.73 Å². The summed E-state index contributed by atoms with van der Waals surface area (Å²) < 4.78 is 39.8. The fourth-order valence-electron chi connectivity index (χ4n) is 5.29. The molecule has 0 heterocycles. The number of methoxy groups -OCH3 is 2. The lowest BCUT2D eigenvalue weighted by atomic mass is 9.92. The average Bonchev–Trinajstić information content (AvgIpc) is 3.09. The van der Waals surface area contributed by atoms with Crippen LogP contribution in [0, 0.1) is 11.3 Å². The van der Waals surface area contributed by atoms with E-state index in [9.17, 15) is 5.26 Å². The predicted molar refractivity (Wildman–Crippen MR) is 183 cm³/mol. The van der Waals surface area contributed by atoms with Crippen molar-refractivity contribution < 1.29 is 33.2 Å². The Kier molecular flexibility index (Phi) is 12.0. The van der Waals surface area contributed by atoms with Gasteiger partial charge in [-0.15, -0.1) is 0 Å². The lowest BCUT2D eigenvalue weighted by Crippen LogP contribution is -2.23. The number of hydrogen-bond donors (Lipinski definition) is 1. The van der Waals surface area contributed by atoms with Gasteiger partial charge in [0.05, 0.1) is 43.6 Å². The Bertz CT molecular complexity index is 1800. The van der Waals surface area contributed by atoms with Gasteiger partial charge < -0.3 is 38.9 Å². The normalized spacial score (nSPS) is 11.8. The molecule has 0 fully saturated rings. The van der Waals surface area contributed by atoms with E-state index in [-0.39, 0.29) is 19.6 Å². The molecule has 0 aromatic heterocycles. The van der Waals surface area contributed by atoms with Crippen LogP contribution < -0.4 is 19.9 Å². The Morgan fingerprint density at radius 1 is 0.660 bits per heavy atom. The summed E-state index contributed by atoms with van der Waals surface area (Å²) in [6.45, 7) is 4.09. The van der Waals surface area contributed by atoms with Gasteiger partial charge in [-0.3, -0.25) is 0 Å². The van der Waals surface area contributed by atoms with Gasteiger partial charge in [-0.05, 0) is 70.6 Å². The highest BCUT2D eigenvalue weighted by molar-refractivity contribution is 6.04. The van der Waals surface area contributed by atoms with Gasteiger partial charge in [0.25, 0.3) is 0 Å². The first-order valence-corrected chi connectivity index (χ1v) is 15.4. The number of fused-ring (bicyclic) bond motifs is 2. The highest BCUT2D eigenvalue weighted by Crippen LogP contribution is 2.43. The number of nitrogens with zero attached hydrogens (tertiary/aromatic N) is 1. The lowest BCUT2D eigenvalue weighted by Gasteiger charge is -2.19. The maximum atomic E-state index is 10.00. The first-order valence-electron chi connectivity index (χ1n) is 15.4. The molecule has 0 radical (unpaired) electrons. The van der Waals surface area contributed by atoms with Crippen LogP contribution in [0.5, 0.6) is 17.2 Å². The van der Waals surface area contributed by atoms with Crippen molar-refractivity contribution in [2.45, 2.75) is 13.0 Å². The van der Waals surface area contributed by atoms with Gasteiger partial charge in [0, 0.05) is 31.2 Å². The largest absolute Gasteiger partial charge is 0.491 e. The van der Waals surface area contributed by atoms with Crippen molar-refractivity contribution in [3.05, 3.63) is 90.5 Å². The molecule has 0 aliphatic carbocycles. The minimum absolute atomic E-state index is 0.0461. The van der Waals surface area contributed by atoms with E-state index in [2.05, 4.69) is 18.2 Å². The van der Waals surface area contributed by atoms with Gasteiger partial charge in [-0.1, -0.05) is 48.5 Å². The van der Waals surface area contributed by atoms with Crippen molar-refractivity contribution in [1.82, 2.24) is 0 Å². The fourth-order valence-corrected chi connectivity index (χ4v) is 5.29. The smallest absolute Gasteiger partial charge is 0.189 e. The fraction of sp³-hybridized carbons (Fsp3) is 0.289. The van der Waals surface area contributed by atoms with Crippen molar-refractivity contribution in [2.75, 3.05) is 60.8 Å². The molecule has 244 valence electrons. The standard InChI is InChI=1S/C38H40N2O7/c1-26(40)23-45-36-21-28-13-14-29(19-31(28)20-33(36)32-10-5-8-27-7-4-9-30(22-39)37(27)32)38-34(46-24-43-17-15-41-2)11-6-12-35(38)47-25-44-18-16-42-3/h4-14,19-21,26H,15-18,23-25,40H2,1-3H3. The van der Waals surface area contributed by atoms with Crippen LogP contribution in [0.4, 0.5) is 0 Å². The summed E-state index contributed by atoms with van der Waals surface area (Å²) in [7, 11) is 3.25. The van der Waals surface area contributed by atoms with E-state index in [4.69, 9.17) is 38.9 Å². The van der Waals surface area contributed by atoms with Gasteiger partial charge in [0.15, 0.2) is 13.6 Å². The van der Waals surface area contributed by atoms with Gasteiger partial charge in [0.1, 0.15) is 23.9 Å². The van der Waals surface area contributed by atoms with E-state index in [1.807, 2.05) is 79.7 Å². The second kappa shape index (κ2) is 16.7. The Labute approximate surface area is 275 Å². The molecule has 0 bridgehead atoms. The third kappa shape index (κ3) is 8.37. The Hall–Kier alpha value is -4.69. The Morgan fingerprint density at radius 2 is 1.32 bits per heavy atom. The number of nitriles is 1. The molecule has 0 aliphatic heterocycles. The molecule has 2 N–H and O–H groups in total. The van der Waals surface area contributed by atoms with Crippen LogP contribution in [0.2, 0.25) is 0 Å². The maximum Gasteiger partial charge on any atom is 0.189 e. The Morgan fingerprint density at radius 3 is 1.96 bits per heavy atom. The Balaban J connectivity index is 1.62. The van der Waals surface area contributed by atoms with Crippen molar-refractivity contribution in [3.63, 3.8) is 0 Å². The third-order valence-corrected chi connectivity index (χ3v) is 7.49. The number of nitrogens with two attached hydrogens (primary N) is 1. The molecule has 0 aliphatic rings. The van der Waals surface area contributed by atoms with Crippen LogP contribution in [0.25, 0.3) is 43.8 Å². The third-order valence-electron chi connectivity index (χ3n) is 7.49. The quantitative estimate of drug-likeness (QED) is 0.0858. The van der Waals surface area contributed by atoms with E-state index < -0.39 is 0 Å². The van der Waals surface area contributed by atoms with E-state index in [0.29, 0.717) is 55.8 Å². The summed E-state index contributed by atoms with van der Waals surface area (Å²) in [5.41, 5.74) is 10.1. The van der Waals surface area contributed by atoms with E-state index in [0.717, 1.165) is 43.8 Å². The SMILES string of the molecule is COCCOCOc1cccc(OCOCCOC)c1-c1ccc2cc(OCC(C)N)c(-c3cccc4cccc(C#N)c34)cc2c1. The zero-order valence-electron chi connectivity index (χ0n) is 27.0. The minimum atomic E-state index is -0.157. The number of benzene rings is 5. The molecule has 5 aromatic rings. The van der Waals surface area contributed by atoms with Crippen molar-refractivity contribution >= 4 is 21.5 Å². The first kappa shape index (κ1) is 33.7. The molecule has 5 rings (SSSR count). The molecule has 0 saturated heterocycles. The summed E-state index contributed by atoms with van der Waals surface area (Å²) in [4.78, 5) is 0. The summed E-state index contributed by atoms with van der Waals surface area (Å²) in [6.07, 6.45) is 0. The highest BCUT2D eigenvalue weighted by atomic mass is 16.7. The zero-order chi connectivity index (χ0) is 33.0. The maximum absolute atomic E-state index is 10.00. The van der Waals surface area contributed by atoms with Crippen LogP contribution in [-0.4, -0.2) is 66.9 Å². The second-order valence-electron chi connectivity index (χ2n) is 11.0. The molecule has 5 aromatic carbocycles. The minimum Gasteiger partial charge on any atom is -0.491 e. The van der Waals surface area contributed by atoms with E-state index >= 15 is 0 Å². The number of ether oxygens (including phenoxy) is 7. The molecule has 47 heavy (non-hydrogen) atoms. The molecule has 0 amide bonds. The average molecular weight is 637 g/mol. The highest BCUT2D eigenvalue weighted by Gasteiger charge is 2.18. The van der Waals surface area contributed by atoms with Crippen LogP contribution in [-0.2, 0) is 18.9 Å². The van der Waals surface area contributed by atoms with E-state index in [1.54, 1.807) is 14.2 Å². The van der Waals surface area contributed by atoms with Gasteiger partial charge in [-0.25, -0.2) is 0 Å². The van der Waals surface area contributed by atoms with Gasteiger partial charge in [-0.2, -0.15) is 5.26 Å². The molecule has 1 unspecified atom stereocenters. The molecule has 0 saturated carbocycles. The van der Waals surface area contributed by atoms with Gasteiger partial charge >= 0.3 is 0 Å². The zero-order valence-corrected chi connectivity index (χ0v) is 27.0. The topological polar surface area (TPSA) is 114 Å². The number of rotatable bonds is 17. The van der Waals surface area contributed by atoms with Crippen LogP contribution in [0.3, 0.4) is 0 Å². The summed E-state index contributed by atoms with van der Waals surface area (Å²) >= 11 is 0. The predicted octanol–water partition coefficient (Wildman–Crippen LogP) is 6.92. The molecular weight excluding hydrogens is 596 g/mol. The van der Waals surface area contributed by atoms with E-state index in [1.165, 1.54) is 0 Å². The van der Waals surface area contributed by atoms with Crippen molar-refractivity contribution in [1.29, 1.82) is 5.26 Å². The van der Waals surface area contributed by atoms with Gasteiger partial charge in [0.2, 0.25) is 0 Å². The summed E-state index contributed by atoms with van der Waals surface area (Å²) in [5.74, 6) is 1.89. The van der Waals surface area contributed by atoms with Crippen LogP contribution in [0.1, 0.15) is 12.5 Å². The van der Waals surface area contributed by atoms with Crippen LogP contribution >= 0.6 is 0 Å². The van der Waals surface area contributed by atoms with Crippen molar-refractivity contribution in [3.8, 4) is 45.6 Å². The van der Waals surface area contributed by atoms with Crippen LogP contribution in [0.15, 0.2) is 84.9 Å². The summed E-state index contributed by atoms with van der Waals surface area (Å²) in [6, 6.07) is 29.9.